The van der Waals surface area contributed by atoms with Gasteiger partial charge in [0, 0.05) is 19.1 Å². The van der Waals surface area contributed by atoms with Crippen LogP contribution in [0.3, 0.4) is 0 Å². The zero-order chi connectivity index (χ0) is 19.1. The molecule has 2 aromatic carbocycles. The second kappa shape index (κ2) is 9.64. The summed E-state index contributed by atoms with van der Waals surface area (Å²) >= 11 is 0. The van der Waals surface area contributed by atoms with Gasteiger partial charge < -0.3 is 11.1 Å². The van der Waals surface area contributed by atoms with Crippen molar-refractivity contribution >= 4 is 20.8 Å². The maximum atomic E-state index is 12.5. The van der Waals surface area contributed by atoms with Crippen LogP contribution >= 0.6 is 0 Å². The van der Waals surface area contributed by atoms with E-state index in [0.717, 1.165) is 36.7 Å². The minimum atomic E-state index is -3.46. The fourth-order valence-electron chi connectivity index (χ4n) is 3.82. The van der Waals surface area contributed by atoms with E-state index in [2.05, 4.69) is 10.0 Å². The van der Waals surface area contributed by atoms with Gasteiger partial charge in [-0.25, -0.2) is 13.1 Å². The second-order valence-corrected chi connectivity index (χ2v) is 9.29. The van der Waals surface area contributed by atoms with E-state index in [0.29, 0.717) is 17.4 Å². The predicted molar refractivity (Wildman–Crippen MR) is 111 cm³/mol. The van der Waals surface area contributed by atoms with Crippen molar-refractivity contribution in [2.24, 2.45) is 11.7 Å². The van der Waals surface area contributed by atoms with Gasteiger partial charge in [0.15, 0.2) is 0 Å². The Balaban J connectivity index is 1.36. The van der Waals surface area contributed by atoms with Crippen LogP contribution in [-0.2, 0) is 10.0 Å². The molecule has 0 spiro atoms. The summed E-state index contributed by atoms with van der Waals surface area (Å²) in [4.78, 5) is 0.321. The van der Waals surface area contributed by atoms with E-state index in [-0.39, 0.29) is 6.04 Å². The van der Waals surface area contributed by atoms with E-state index in [1.54, 1.807) is 12.1 Å². The molecule has 4 N–H and O–H groups in total. The highest BCUT2D eigenvalue weighted by molar-refractivity contribution is 7.89. The van der Waals surface area contributed by atoms with Gasteiger partial charge in [0.1, 0.15) is 0 Å². The lowest BCUT2D eigenvalue weighted by Crippen LogP contribution is -2.39. The summed E-state index contributed by atoms with van der Waals surface area (Å²) in [5.74, 6) is 0.672. The van der Waals surface area contributed by atoms with Gasteiger partial charge in [0.05, 0.1) is 4.90 Å². The van der Waals surface area contributed by atoms with E-state index in [4.69, 9.17) is 5.73 Å². The zero-order valence-corrected chi connectivity index (χ0v) is 16.7. The van der Waals surface area contributed by atoms with Crippen LogP contribution in [0.5, 0.6) is 0 Å². The number of benzene rings is 2. The average Bonchev–Trinajstić information content (AvgIpc) is 3.21. The molecule has 1 saturated carbocycles. The fourth-order valence-corrected chi connectivity index (χ4v) is 4.93. The first-order valence-electron chi connectivity index (χ1n) is 10.0. The monoisotopic (exact) mass is 389 g/mol. The third kappa shape index (κ3) is 5.75. The largest absolute Gasteiger partial charge is 0.326 e. The van der Waals surface area contributed by atoms with Crippen LogP contribution < -0.4 is 15.8 Å². The fraction of sp³-hybridized carbons (Fsp3) is 0.524. The van der Waals surface area contributed by atoms with Gasteiger partial charge in [-0.2, -0.15) is 0 Å². The normalized spacial score (nSPS) is 16.8. The lowest BCUT2D eigenvalue weighted by molar-refractivity contribution is 0.407. The highest BCUT2D eigenvalue weighted by atomic mass is 32.2. The van der Waals surface area contributed by atoms with Crippen LogP contribution in [0.4, 0.5) is 0 Å². The molecule has 1 atom stereocenters. The molecule has 0 radical (unpaired) electrons. The molecule has 1 aliphatic carbocycles. The highest BCUT2D eigenvalue weighted by Crippen LogP contribution is 2.26. The third-order valence-electron chi connectivity index (χ3n) is 5.49. The van der Waals surface area contributed by atoms with Gasteiger partial charge in [0.2, 0.25) is 10.0 Å². The minimum Gasteiger partial charge on any atom is -0.326 e. The first-order chi connectivity index (χ1) is 13.1. The van der Waals surface area contributed by atoms with Gasteiger partial charge in [-0.3, -0.25) is 0 Å². The summed E-state index contributed by atoms with van der Waals surface area (Å²) in [6.07, 6.45) is 6.89. The molecule has 27 heavy (non-hydrogen) atoms. The highest BCUT2D eigenvalue weighted by Gasteiger charge is 2.21. The van der Waals surface area contributed by atoms with Crippen molar-refractivity contribution in [1.29, 1.82) is 0 Å². The average molecular weight is 390 g/mol. The number of fused-ring (bicyclic) bond motifs is 1. The van der Waals surface area contributed by atoms with Crippen molar-refractivity contribution in [3.63, 3.8) is 0 Å². The van der Waals surface area contributed by atoms with Crippen molar-refractivity contribution in [3.8, 4) is 0 Å². The molecule has 0 bridgehead atoms. The molecule has 0 heterocycles. The van der Waals surface area contributed by atoms with E-state index >= 15 is 0 Å². The predicted octanol–water partition coefficient (Wildman–Crippen LogP) is 3.01. The van der Waals surface area contributed by atoms with Crippen LogP contribution in [0.15, 0.2) is 47.4 Å². The SMILES string of the molecule is NC(CNCCCCNS(=O)(=O)c1ccc2ccccc2c1)C1CCCC1. The molecule has 1 unspecified atom stereocenters. The molecule has 0 saturated heterocycles. The summed E-state index contributed by atoms with van der Waals surface area (Å²) in [5, 5.41) is 5.38. The van der Waals surface area contributed by atoms with E-state index in [1.165, 1.54) is 25.7 Å². The molecule has 2 aromatic rings. The van der Waals surface area contributed by atoms with Gasteiger partial charge in [-0.15, -0.1) is 0 Å². The lowest BCUT2D eigenvalue weighted by atomic mass is 9.99. The third-order valence-corrected chi connectivity index (χ3v) is 6.95. The Kier molecular flexibility index (Phi) is 7.24. The topological polar surface area (TPSA) is 84.2 Å². The maximum Gasteiger partial charge on any atom is 0.240 e. The molecule has 148 valence electrons. The van der Waals surface area contributed by atoms with Crippen molar-refractivity contribution in [1.82, 2.24) is 10.0 Å². The van der Waals surface area contributed by atoms with Gasteiger partial charge in [-0.05, 0) is 61.1 Å². The number of nitrogens with one attached hydrogen (secondary N) is 2. The summed E-state index contributed by atoms with van der Waals surface area (Å²) in [5.41, 5.74) is 6.23. The Labute approximate surface area is 162 Å². The summed E-state index contributed by atoms with van der Waals surface area (Å²) in [6.45, 7) is 2.18. The molecule has 5 nitrogen and oxygen atoms in total. The Morgan fingerprint density at radius 1 is 1.00 bits per heavy atom. The molecule has 1 aliphatic rings. The van der Waals surface area contributed by atoms with E-state index in [9.17, 15) is 8.42 Å². The first-order valence-corrected chi connectivity index (χ1v) is 11.5. The van der Waals surface area contributed by atoms with Gasteiger partial charge >= 0.3 is 0 Å². The second-order valence-electron chi connectivity index (χ2n) is 7.53. The summed E-state index contributed by atoms with van der Waals surface area (Å²) in [7, 11) is -3.46. The standard InChI is InChI=1S/C21H31N3O2S/c22-21(18-8-2-3-9-18)16-23-13-5-6-14-24-27(25,26)20-12-11-17-7-1-4-10-19(17)15-20/h1,4,7,10-12,15,18,21,23-24H,2-3,5-6,8-9,13-14,16,22H2. The Bertz CT molecular complexity index is 832. The van der Waals surface area contributed by atoms with Crippen molar-refractivity contribution in [2.45, 2.75) is 49.5 Å². The summed E-state index contributed by atoms with van der Waals surface area (Å²) in [6, 6.07) is 13.3. The van der Waals surface area contributed by atoms with Gasteiger partial charge in [0.25, 0.3) is 0 Å². The molecular formula is C21H31N3O2S. The maximum absolute atomic E-state index is 12.5. The van der Waals surface area contributed by atoms with Gasteiger partial charge in [-0.1, -0.05) is 43.2 Å². The molecule has 1 fully saturated rings. The van der Waals surface area contributed by atoms with Crippen molar-refractivity contribution in [3.05, 3.63) is 42.5 Å². The molecule has 3 rings (SSSR count). The summed E-state index contributed by atoms with van der Waals surface area (Å²) < 4.78 is 27.6. The van der Waals surface area contributed by atoms with E-state index < -0.39 is 10.0 Å². The molecular weight excluding hydrogens is 358 g/mol. The smallest absolute Gasteiger partial charge is 0.240 e. The van der Waals surface area contributed by atoms with Crippen LogP contribution in [0.25, 0.3) is 10.8 Å². The van der Waals surface area contributed by atoms with Crippen molar-refractivity contribution in [2.75, 3.05) is 19.6 Å². The van der Waals surface area contributed by atoms with Crippen LogP contribution in [0.1, 0.15) is 38.5 Å². The lowest BCUT2D eigenvalue weighted by Gasteiger charge is -2.19. The number of hydrogen-bond donors (Lipinski definition) is 3. The number of unbranched alkanes of at least 4 members (excludes halogenated alkanes) is 1. The Hall–Kier alpha value is -1.47. The number of rotatable bonds is 10. The minimum absolute atomic E-state index is 0.249. The molecule has 0 aliphatic heterocycles. The van der Waals surface area contributed by atoms with E-state index in [1.807, 2.05) is 30.3 Å². The number of nitrogens with two attached hydrogens (primary N) is 1. The number of hydrogen-bond acceptors (Lipinski definition) is 4. The number of sulfonamides is 1. The zero-order valence-electron chi connectivity index (χ0n) is 15.9. The van der Waals surface area contributed by atoms with Crippen molar-refractivity contribution < 1.29 is 8.42 Å². The van der Waals surface area contributed by atoms with Crippen LogP contribution in [0, 0.1) is 5.92 Å². The Morgan fingerprint density at radius 2 is 1.70 bits per heavy atom. The first kappa shape index (κ1) is 20.3. The van der Waals surface area contributed by atoms with Crippen LogP contribution in [0.2, 0.25) is 0 Å². The van der Waals surface area contributed by atoms with Crippen LogP contribution in [-0.4, -0.2) is 34.1 Å². The Morgan fingerprint density at radius 3 is 2.48 bits per heavy atom. The molecule has 6 heteroatoms. The quantitative estimate of drug-likeness (QED) is 0.546. The molecule has 0 amide bonds. The molecule has 0 aromatic heterocycles.